The first-order valence-electron chi connectivity index (χ1n) is 5.86. The van der Waals surface area contributed by atoms with Crippen LogP contribution in [-0.4, -0.2) is 47.9 Å². The van der Waals surface area contributed by atoms with Crippen molar-refractivity contribution in [3.63, 3.8) is 0 Å². The minimum atomic E-state index is -0.447. The van der Waals surface area contributed by atoms with Crippen LogP contribution in [0.25, 0.3) is 0 Å². The Morgan fingerprint density at radius 3 is 2.94 bits per heavy atom. The number of carbonyl (C=O) groups is 2. The second-order valence-electron chi connectivity index (χ2n) is 4.15. The van der Waals surface area contributed by atoms with Crippen molar-refractivity contribution in [1.29, 1.82) is 0 Å². The van der Waals surface area contributed by atoms with Gasteiger partial charge >= 0.3 is 0 Å². The average molecular weight is 248 g/mol. The van der Waals surface area contributed by atoms with Crippen molar-refractivity contribution in [2.45, 2.75) is 13.0 Å². The van der Waals surface area contributed by atoms with Crippen LogP contribution in [0.4, 0.5) is 5.69 Å². The smallest absolute Gasteiger partial charge is 0.273 e. The third-order valence-electron chi connectivity index (χ3n) is 3.03. The van der Waals surface area contributed by atoms with E-state index in [0.717, 1.165) is 5.69 Å². The van der Waals surface area contributed by atoms with Crippen LogP contribution in [0.1, 0.15) is 17.4 Å². The molecule has 96 valence electrons. The molecule has 0 bridgehead atoms. The van der Waals surface area contributed by atoms with Gasteiger partial charge in [0.25, 0.3) is 5.91 Å². The molecule has 1 aliphatic heterocycles. The lowest BCUT2D eigenvalue weighted by Crippen LogP contribution is -2.55. The van der Waals surface area contributed by atoms with Crippen molar-refractivity contribution in [2.24, 2.45) is 0 Å². The molecule has 6 heteroatoms. The molecule has 0 aromatic carbocycles. The molecule has 2 N–H and O–H groups in total. The molecule has 0 radical (unpaired) electrons. The number of anilines is 1. The summed E-state index contributed by atoms with van der Waals surface area (Å²) in [5.74, 6) is -0.332. The molecule has 1 fully saturated rings. The summed E-state index contributed by atoms with van der Waals surface area (Å²) in [6.45, 7) is 2.72. The van der Waals surface area contributed by atoms with Gasteiger partial charge < -0.3 is 15.5 Å². The number of hydrogen-bond acceptors (Lipinski definition) is 4. The number of amides is 2. The molecular weight excluding hydrogens is 232 g/mol. The van der Waals surface area contributed by atoms with Crippen LogP contribution in [0.5, 0.6) is 0 Å². The molecule has 1 aromatic rings. The van der Waals surface area contributed by atoms with E-state index in [1.165, 1.54) is 0 Å². The van der Waals surface area contributed by atoms with Gasteiger partial charge in [0.05, 0.1) is 11.9 Å². The first-order chi connectivity index (χ1) is 8.63. The summed E-state index contributed by atoms with van der Waals surface area (Å²) >= 11 is 0. The van der Waals surface area contributed by atoms with Crippen LogP contribution in [-0.2, 0) is 4.79 Å². The fourth-order valence-electron chi connectivity index (χ4n) is 1.88. The highest BCUT2D eigenvalue weighted by Crippen LogP contribution is 2.11. The number of piperazine rings is 1. The van der Waals surface area contributed by atoms with Gasteiger partial charge in [-0.3, -0.25) is 9.59 Å². The largest absolute Gasteiger partial charge is 0.387 e. The zero-order valence-corrected chi connectivity index (χ0v) is 10.4. The molecular formula is C12H16N4O2. The zero-order valence-electron chi connectivity index (χ0n) is 10.4. The summed E-state index contributed by atoms with van der Waals surface area (Å²) in [4.78, 5) is 29.4. The van der Waals surface area contributed by atoms with Crippen LogP contribution in [0, 0.1) is 0 Å². The number of hydrogen-bond donors (Lipinski definition) is 2. The lowest BCUT2D eigenvalue weighted by molar-refractivity contribution is -0.127. The summed E-state index contributed by atoms with van der Waals surface area (Å²) in [6.07, 6.45) is 1.60. The maximum absolute atomic E-state index is 12.2. The normalized spacial score (nSPS) is 19.3. The minimum Gasteiger partial charge on any atom is -0.387 e. The maximum atomic E-state index is 12.2. The number of nitrogens with one attached hydrogen (secondary N) is 2. The van der Waals surface area contributed by atoms with E-state index >= 15 is 0 Å². The SMILES string of the molecule is CNc1ccc(C(=O)N2CCNC(=O)C2C)nc1. The zero-order chi connectivity index (χ0) is 13.1. The van der Waals surface area contributed by atoms with Gasteiger partial charge in [0.15, 0.2) is 0 Å². The molecule has 1 saturated heterocycles. The molecule has 1 aliphatic rings. The van der Waals surface area contributed by atoms with Crippen molar-refractivity contribution in [2.75, 3.05) is 25.5 Å². The second-order valence-corrected chi connectivity index (χ2v) is 4.15. The van der Waals surface area contributed by atoms with Gasteiger partial charge in [0.2, 0.25) is 5.91 Å². The molecule has 0 saturated carbocycles. The summed E-state index contributed by atoms with van der Waals surface area (Å²) in [7, 11) is 1.79. The summed E-state index contributed by atoms with van der Waals surface area (Å²) in [5.41, 5.74) is 1.20. The van der Waals surface area contributed by atoms with Crippen molar-refractivity contribution in [3.05, 3.63) is 24.0 Å². The highest BCUT2D eigenvalue weighted by molar-refractivity contribution is 5.96. The lowest BCUT2D eigenvalue weighted by Gasteiger charge is -2.32. The van der Waals surface area contributed by atoms with Crippen LogP contribution in [0.3, 0.4) is 0 Å². The lowest BCUT2D eigenvalue weighted by atomic mass is 10.2. The number of aromatic nitrogens is 1. The Hall–Kier alpha value is -2.11. The van der Waals surface area contributed by atoms with Gasteiger partial charge in [-0.2, -0.15) is 0 Å². The van der Waals surface area contributed by atoms with Crippen LogP contribution in [0.15, 0.2) is 18.3 Å². The van der Waals surface area contributed by atoms with E-state index in [4.69, 9.17) is 0 Å². The van der Waals surface area contributed by atoms with E-state index in [2.05, 4.69) is 15.6 Å². The fourth-order valence-corrected chi connectivity index (χ4v) is 1.88. The quantitative estimate of drug-likeness (QED) is 0.777. The third kappa shape index (κ3) is 2.27. The third-order valence-corrected chi connectivity index (χ3v) is 3.03. The second kappa shape index (κ2) is 5.03. The highest BCUT2D eigenvalue weighted by atomic mass is 16.2. The van der Waals surface area contributed by atoms with Crippen molar-refractivity contribution in [3.8, 4) is 0 Å². The minimum absolute atomic E-state index is 0.124. The molecule has 2 amide bonds. The highest BCUT2D eigenvalue weighted by Gasteiger charge is 2.30. The standard InChI is InChI=1S/C12H16N4O2/c1-8-11(17)14-5-6-16(8)12(18)10-4-3-9(13-2)7-15-10/h3-4,7-8,13H,5-6H2,1-2H3,(H,14,17). The van der Waals surface area contributed by atoms with Gasteiger partial charge in [-0.15, -0.1) is 0 Å². The van der Waals surface area contributed by atoms with Gasteiger partial charge in [0.1, 0.15) is 11.7 Å². The van der Waals surface area contributed by atoms with E-state index < -0.39 is 6.04 Å². The molecule has 0 aliphatic carbocycles. The monoisotopic (exact) mass is 248 g/mol. The maximum Gasteiger partial charge on any atom is 0.273 e. The Labute approximate surface area is 105 Å². The average Bonchev–Trinajstić information content (AvgIpc) is 2.41. The van der Waals surface area contributed by atoms with E-state index in [-0.39, 0.29) is 11.8 Å². The van der Waals surface area contributed by atoms with Gasteiger partial charge in [0, 0.05) is 20.1 Å². The predicted octanol–water partition coefficient (Wildman–Crippen LogP) is 0.0838. The number of nitrogens with zero attached hydrogens (tertiary/aromatic N) is 2. The van der Waals surface area contributed by atoms with Crippen LogP contribution in [0.2, 0.25) is 0 Å². The molecule has 6 nitrogen and oxygen atoms in total. The first kappa shape index (κ1) is 12.3. The number of pyridine rings is 1. The van der Waals surface area contributed by atoms with Crippen molar-refractivity contribution < 1.29 is 9.59 Å². The topological polar surface area (TPSA) is 74.3 Å². The van der Waals surface area contributed by atoms with E-state index in [9.17, 15) is 9.59 Å². The van der Waals surface area contributed by atoms with Gasteiger partial charge in [-0.05, 0) is 19.1 Å². The van der Waals surface area contributed by atoms with E-state index in [1.54, 1.807) is 37.2 Å². The van der Waals surface area contributed by atoms with Gasteiger partial charge in [-0.25, -0.2) is 4.98 Å². The molecule has 18 heavy (non-hydrogen) atoms. The molecule has 2 heterocycles. The molecule has 1 atom stereocenters. The van der Waals surface area contributed by atoms with E-state index in [0.29, 0.717) is 18.8 Å². The van der Waals surface area contributed by atoms with Crippen molar-refractivity contribution in [1.82, 2.24) is 15.2 Å². The molecule has 2 rings (SSSR count). The summed E-state index contributed by atoms with van der Waals surface area (Å²) in [6, 6.07) is 3.00. The molecule has 1 unspecified atom stereocenters. The molecule has 1 aromatic heterocycles. The fraction of sp³-hybridized carbons (Fsp3) is 0.417. The number of carbonyl (C=O) groups excluding carboxylic acids is 2. The molecule has 0 spiro atoms. The summed E-state index contributed by atoms with van der Waals surface area (Å²) in [5, 5.41) is 5.66. The number of rotatable bonds is 2. The van der Waals surface area contributed by atoms with Gasteiger partial charge in [-0.1, -0.05) is 0 Å². The predicted molar refractivity (Wildman–Crippen MR) is 67.3 cm³/mol. The first-order valence-corrected chi connectivity index (χ1v) is 5.86. The Kier molecular flexibility index (Phi) is 3.45. The van der Waals surface area contributed by atoms with Crippen LogP contribution < -0.4 is 10.6 Å². The van der Waals surface area contributed by atoms with Crippen LogP contribution >= 0.6 is 0 Å². The Bertz CT molecular complexity index is 458. The Morgan fingerprint density at radius 1 is 1.56 bits per heavy atom. The Balaban J connectivity index is 2.16. The van der Waals surface area contributed by atoms with Crippen molar-refractivity contribution >= 4 is 17.5 Å². The Morgan fingerprint density at radius 2 is 2.33 bits per heavy atom. The van der Waals surface area contributed by atoms with E-state index in [1.807, 2.05) is 0 Å². The summed E-state index contributed by atoms with van der Waals surface area (Å²) < 4.78 is 0.